The van der Waals surface area contributed by atoms with Crippen LogP contribution in [0.5, 0.6) is 0 Å². The highest BCUT2D eigenvalue weighted by Crippen LogP contribution is 2.40. The lowest BCUT2D eigenvalue weighted by Gasteiger charge is -2.40. The molecule has 0 aromatic carbocycles. The first-order valence-corrected chi connectivity index (χ1v) is 59.3. The van der Waals surface area contributed by atoms with Gasteiger partial charge in [-0.25, -0.2) is 0 Å². The molecule has 10 aliphatic carbocycles. The van der Waals surface area contributed by atoms with Crippen LogP contribution in [0.4, 0.5) is 0 Å². The number of hydrogen-bond donors (Lipinski definition) is 21. The standard InChI is InChI=1S/C15H30N2O2.C14H28N2O2.2C13H25NO2.C12H23NO2.C10H21NO2.C10H21NO.C9H20N2O.C9H19NO2.C9H18O/c1-14-3-5-15(18,6-4-14)13-16-7-2-8-17-9-11-19-12-10-17;1-13-2-4-14(17,5-3-13)12-15-6-7-16-8-10-18-11-9-16;1-11-2-6-13(16,7-3-11)10-14-8-4-12(15)5-9-14;1-11-4-6-13(15,7-5-11)10-14-9-12-3-2-8-16-12;1-11-2-4-12(14,5-3-11)10-13-6-8-15-9-7-13;1-9-3-5-10(13,6-4-9)11-7-2-8-12;1-3-11-8-10(12)6-4-9(2)5-7-10;1-8-2-4-9(12,5-3-8)11-7-6-10;1-8-2-4-9(12,5-3-8)10-6-7-11;1-3-9(10)6-4-8(2)5-7-9/h14,16,18H,2-13H2,1H3;13,15,17H,2-12H2,1H3;11-12,15-16H,2-10H2,1H3;11-12,14-15H,2-10H2,1H3;11,14H,2-10H2,1H3;9,11-13H,2-8H2,1H3;9,11-12H,3-8H2,1-2H3;8,11-12H,2-7,10H2,1H3;8,10-12H,2-7H2,1H3;8,10H,3-7H2,1-2H3. The van der Waals surface area contributed by atoms with Gasteiger partial charge in [0.25, 0.3) is 0 Å². The smallest absolute Gasteiger partial charge is 0.116 e. The zero-order valence-corrected chi connectivity index (χ0v) is 93.8. The van der Waals surface area contributed by atoms with E-state index in [1.165, 1.54) is 77.0 Å². The fourth-order valence-corrected chi connectivity index (χ4v) is 23.0. The molecular formula is C114H230N12O17. The van der Waals surface area contributed by atoms with Crippen molar-refractivity contribution in [1.82, 2.24) is 56.8 Å². The lowest BCUT2D eigenvalue weighted by Crippen LogP contribution is -2.49. The maximum atomic E-state index is 10.5. The molecule has 10 saturated carbocycles. The summed E-state index contributed by atoms with van der Waals surface area (Å²) in [6.45, 7) is 54.5. The Morgan fingerprint density at radius 1 is 0.287 bits per heavy atom. The molecule has 0 radical (unpaired) electrons. The molecular weight excluding hydrogens is 1810 g/mol. The number of likely N-dealkylation sites (N-methyl/N-ethyl adjacent to an activating group) is 1. The number of piperidine rings is 1. The second-order valence-electron chi connectivity index (χ2n) is 49.3. The van der Waals surface area contributed by atoms with Crippen molar-refractivity contribution >= 4 is 0 Å². The normalized spacial score (nSPS) is 37.1. The van der Waals surface area contributed by atoms with Gasteiger partial charge in [-0.05, 0) is 387 Å². The Bertz CT molecular complexity index is 2950. The highest BCUT2D eigenvalue weighted by molar-refractivity contribution is 4.95. The number of rotatable bonds is 33. The van der Waals surface area contributed by atoms with E-state index in [4.69, 9.17) is 34.9 Å². The van der Waals surface area contributed by atoms with Gasteiger partial charge in [0, 0.05) is 144 Å². The molecule has 5 heterocycles. The summed E-state index contributed by atoms with van der Waals surface area (Å²) in [6.07, 6.45) is 48.9. The third-order valence-corrected chi connectivity index (χ3v) is 35.1. The van der Waals surface area contributed by atoms with Crippen LogP contribution in [0.25, 0.3) is 0 Å². The predicted molar refractivity (Wildman–Crippen MR) is 582 cm³/mol. The summed E-state index contributed by atoms with van der Waals surface area (Å²) in [5, 5.41) is 151. The number of ether oxygens (including phenoxy) is 4. The molecule has 0 amide bonds. The summed E-state index contributed by atoms with van der Waals surface area (Å²) in [5.74, 6) is 7.86. The van der Waals surface area contributed by atoms with E-state index in [2.05, 4.69) is 140 Å². The Balaban J connectivity index is 0.000000244. The Morgan fingerprint density at radius 2 is 0.580 bits per heavy atom. The maximum absolute atomic E-state index is 10.5. The van der Waals surface area contributed by atoms with E-state index < -0.39 is 50.8 Å². The van der Waals surface area contributed by atoms with Crippen LogP contribution in [0, 0.1) is 59.2 Å². The molecule has 1 atom stereocenters. The van der Waals surface area contributed by atoms with Crippen molar-refractivity contribution < 1.29 is 85.3 Å². The topological polar surface area (TPSA) is 423 Å². The molecule has 15 rings (SSSR count). The van der Waals surface area contributed by atoms with Crippen LogP contribution in [0.15, 0.2) is 0 Å². The van der Waals surface area contributed by atoms with E-state index in [0.717, 1.165) is 461 Å². The number of nitrogens with two attached hydrogens (primary N) is 1. The molecule has 0 bridgehead atoms. The molecule has 29 heteroatoms. The van der Waals surface area contributed by atoms with Crippen molar-refractivity contribution in [3.05, 3.63) is 0 Å². The summed E-state index contributed by atoms with van der Waals surface area (Å²) >= 11 is 0. The van der Waals surface area contributed by atoms with Crippen LogP contribution in [0.2, 0.25) is 0 Å². The number of aliphatic hydroxyl groups is 13. The molecule has 1 unspecified atom stereocenters. The average molecular weight is 2040 g/mol. The molecule has 15 aliphatic rings. The van der Waals surface area contributed by atoms with E-state index in [-0.39, 0.29) is 24.9 Å². The SMILES string of the molecule is CC1CCC(O)(CN2CCC(O)CC2)CC1.CC1CCC(O)(CN2CCOCC2)CC1.CC1CCC(O)(CNCC2CCCO2)CC1.CC1CCC(O)(CNCCCN2CCOCC2)CC1.CC1CCC(O)(CNCCN2CCOCC2)CC1.CC1CCC(O)(NCCCO)CC1.CC1CCC(O)(NCCN)CC1.CC1CCC(O)(NCCO)CC1.CCC1(O)CCC(C)CC1.CCNCC1(O)CCC(C)CC1. The first kappa shape index (κ1) is 130. The van der Waals surface area contributed by atoms with Gasteiger partial charge < -0.3 is 117 Å². The molecule has 15 fully saturated rings. The number of nitrogens with one attached hydrogen (secondary N) is 7. The van der Waals surface area contributed by atoms with Crippen LogP contribution in [-0.4, -0.2) is 371 Å². The fraction of sp³-hybridized carbons (Fsp3) is 1.00. The van der Waals surface area contributed by atoms with Gasteiger partial charge in [-0.3, -0.25) is 30.7 Å². The van der Waals surface area contributed by atoms with E-state index in [1.54, 1.807) is 0 Å². The van der Waals surface area contributed by atoms with Gasteiger partial charge in [-0.2, -0.15) is 0 Å². The van der Waals surface area contributed by atoms with Crippen molar-refractivity contribution in [2.45, 2.75) is 453 Å². The lowest BCUT2D eigenvalue weighted by molar-refractivity contribution is -0.0568. The summed E-state index contributed by atoms with van der Waals surface area (Å²) in [6, 6.07) is 0. The summed E-state index contributed by atoms with van der Waals surface area (Å²) in [5.41, 5.74) is 0.488. The number of aliphatic hydroxyl groups excluding tert-OH is 3. The van der Waals surface area contributed by atoms with Gasteiger partial charge in [0.15, 0.2) is 0 Å². The number of morpholine rings is 3. The Morgan fingerprint density at radius 3 is 0.902 bits per heavy atom. The van der Waals surface area contributed by atoms with Crippen LogP contribution < -0.4 is 43.0 Å². The molecule has 22 N–H and O–H groups in total. The summed E-state index contributed by atoms with van der Waals surface area (Å²) in [4.78, 5) is 9.55. The molecule has 5 aliphatic heterocycles. The van der Waals surface area contributed by atoms with Crippen molar-refractivity contribution in [2.75, 3.05) is 217 Å². The molecule has 0 aromatic rings. The monoisotopic (exact) mass is 2040 g/mol. The minimum atomic E-state index is -0.699. The summed E-state index contributed by atoms with van der Waals surface area (Å²) < 4.78 is 21.5. The van der Waals surface area contributed by atoms with Gasteiger partial charge in [0.1, 0.15) is 17.2 Å². The Kier molecular flexibility index (Phi) is 64.2. The Labute approximate surface area is 872 Å². The van der Waals surface area contributed by atoms with E-state index >= 15 is 0 Å². The van der Waals surface area contributed by atoms with E-state index in [1.807, 2.05) is 0 Å². The van der Waals surface area contributed by atoms with Crippen molar-refractivity contribution in [3.8, 4) is 0 Å². The van der Waals surface area contributed by atoms with Gasteiger partial charge in [-0.15, -0.1) is 0 Å². The van der Waals surface area contributed by atoms with E-state index in [0.29, 0.717) is 32.3 Å². The third-order valence-electron chi connectivity index (χ3n) is 35.1. The van der Waals surface area contributed by atoms with Crippen LogP contribution in [-0.2, 0) is 18.9 Å². The number of hydrogen-bond acceptors (Lipinski definition) is 29. The zero-order chi connectivity index (χ0) is 105. The van der Waals surface area contributed by atoms with Crippen molar-refractivity contribution in [1.29, 1.82) is 0 Å². The fourth-order valence-electron chi connectivity index (χ4n) is 23.0. The minimum absolute atomic E-state index is 0.0951. The zero-order valence-electron chi connectivity index (χ0n) is 93.8. The molecule has 29 nitrogen and oxygen atoms in total. The third kappa shape index (κ3) is 57.2. The maximum Gasteiger partial charge on any atom is 0.116 e. The van der Waals surface area contributed by atoms with Crippen molar-refractivity contribution in [2.24, 2.45) is 64.9 Å². The number of β-amino-alcohol motifs (C(OH)–C–C–N with tert-alkyl or cyclic N) is 2. The summed E-state index contributed by atoms with van der Waals surface area (Å²) in [7, 11) is 0. The molecule has 0 aromatic heterocycles. The number of nitrogens with zero attached hydrogens (tertiary/aromatic N) is 4. The van der Waals surface area contributed by atoms with Crippen LogP contribution >= 0.6 is 0 Å². The molecule has 5 saturated heterocycles. The highest BCUT2D eigenvalue weighted by Gasteiger charge is 2.41. The number of likely N-dealkylation sites (tertiary alicyclic amines) is 1. The van der Waals surface area contributed by atoms with Gasteiger partial charge in [0.05, 0.1) is 97.7 Å². The van der Waals surface area contributed by atoms with Crippen LogP contribution in [0.3, 0.4) is 0 Å². The van der Waals surface area contributed by atoms with E-state index in [9.17, 15) is 56.2 Å². The first-order valence-electron chi connectivity index (χ1n) is 59.3. The second-order valence-corrected chi connectivity index (χ2v) is 49.3. The van der Waals surface area contributed by atoms with Gasteiger partial charge in [-0.1, -0.05) is 83.1 Å². The second kappa shape index (κ2) is 70.4. The molecule has 848 valence electrons. The van der Waals surface area contributed by atoms with Gasteiger partial charge in [0.2, 0.25) is 0 Å². The Hall–Kier alpha value is -1.16. The van der Waals surface area contributed by atoms with Crippen molar-refractivity contribution in [3.63, 3.8) is 0 Å². The largest absolute Gasteiger partial charge is 0.396 e. The highest BCUT2D eigenvalue weighted by atomic mass is 16.5. The van der Waals surface area contributed by atoms with Gasteiger partial charge >= 0.3 is 0 Å². The molecule has 0 spiro atoms. The minimum Gasteiger partial charge on any atom is -0.396 e. The quantitative estimate of drug-likeness (QED) is 0.0214. The van der Waals surface area contributed by atoms with Crippen LogP contribution in [0.1, 0.15) is 385 Å². The lowest BCUT2D eigenvalue weighted by atomic mass is 9.78. The predicted octanol–water partition coefficient (Wildman–Crippen LogP) is 12.1. The molecule has 143 heavy (non-hydrogen) atoms. The average Bonchev–Trinajstić information content (AvgIpc) is 0.961. The first-order chi connectivity index (χ1) is 68.1.